The Hall–Kier alpha value is -2.87. The highest BCUT2D eigenvalue weighted by Gasteiger charge is 2.09. The van der Waals surface area contributed by atoms with Crippen molar-refractivity contribution in [1.82, 2.24) is 14.3 Å². The molecule has 0 radical (unpaired) electrons. The van der Waals surface area contributed by atoms with Crippen LogP contribution in [-0.4, -0.2) is 29.0 Å². The average Bonchev–Trinajstić information content (AvgIpc) is 3.05. The van der Waals surface area contributed by atoms with Crippen molar-refractivity contribution in [3.05, 3.63) is 64.8 Å². The van der Waals surface area contributed by atoms with Gasteiger partial charge in [0, 0.05) is 36.3 Å². The summed E-state index contributed by atoms with van der Waals surface area (Å²) in [5.74, 6) is 0. The number of sulfonamides is 1. The third-order valence-electron chi connectivity index (χ3n) is 4.12. The van der Waals surface area contributed by atoms with Gasteiger partial charge in [-0.2, -0.15) is 5.10 Å². The highest BCUT2D eigenvalue weighted by Crippen LogP contribution is 2.26. The second-order valence-corrected chi connectivity index (χ2v) is 8.24. The summed E-state index contributed by atoms with van der Waals surface area (Å²) in [6.07, 6.45) is 7.44. The maximum absolute atomic E-state index is 11.9. The standard InChI is InChI=1S/C19H22N4O3S/c1-4-9-22-13-17(6-8-19(22)24)23-12-15(11-20-23)18-7-5-16(10-14(18)2)21-27(3,25)26/h5-8,10-13,21H,4,9H2,1-3H3. The number of rotatable bonds is 6. The van der Waals surface area contributed by atoms with Crippen LogP contribution in [0.3, 0.4) is 0 Å². The number of anilines is 1. The van der Waals surface area contributed by atoms with Crippen LogP contribution in [-0.2, 0) is 16.6 Å². The zero-order valence-electron chi connectivity index (χ0n) is 15.5. The zero-order chi connectivity index (χ0) is 19.6. The molecule has 8 heteroatoms. The largest absolute Gasteiger partial charge is 0.313 e. The van der Waals surface area contributed by atoms with E-state index in [0.717, 1.165) is 35.1 Å². The Kier molecular flexibility index (Phi) is 5.18. The number of aromatic nitrogens is 3. The average molecular weight is 386 g/mol. The number of nitrogens with zero attached hydrogens (tertiary/aromatic N) is 3. The van der Waals surface area contributed by atoms with E-state index in [1.54, 1.807) is 45.9 Å². The lowest BCUT2D eigenvalue weighted by atomic mass is 10.0. The Morgan fingerprint density at radius 1 is 1.15 bits per heavy atom. The van der Waals surface area contributed by atoms with Crippen molar-refractivity contribution in [2.45, 2.75) is 26.8 Å². The van der Waals surface area contributed by atoms with Gasteiger partial charge in [0.05, 0.1) is 18.1 Å². The highest BCUT2D eigenvalue weighted by atomic mass is 32.2. The molecule has 0 bridgehead atoms. The first-order chi connectivity index (χ1) is 12.8. The second kappa shape index (κ2) is 7.40. The van der Waals surface area contributed by atoms with Crippen molar-refractivity contribution >= 4 is 15.7 Å². The summed E-state index contributed by atoms with van der Waals surface area (Å²) >= 11 is 0. The number of nitrogens with one attached hydrogen (secondary N) is 1. The van der Waals surface area contributed by atoms with Gasteiger partial charge in [-0.25, -0.2) is 13.1 Å². The number of hydrogen-bond acceptors (Lipinski definition) is 4. The van der Waals surface area contributed by atoms with E-state index in [1.165, 1.54) is 0 Å². The molecular weight excluding hydrogens is 364 g/mol. The molecule has 0 atom stereocenters. The van der Waals surface area contributed by atoms with Crippen molar-refractivity contribution in [3.63, 3.8) is 0 Å². The molecule has 3 rings (SSSR count). The Labute approximate surface area is 158 Å². The Bertz CT molecular complexity index is 1130. The van der Waals surface area contributed by atoms with Gasteiger partial charge in [0.25, 0.3) is 5.56 Å². The van der Waals surface area contributed by atoms with Crippen molar-refractivity contribution in [3.8, 4) is 16.8 Å². The normalized spacial score (nSPS) is 11.5. The molecule has 1 aromatic carbocycles. The predicted octanol–water partition coefficient (Wildman–Crippen LogP) is 2.79. The molecule has 0 amide bonds. The van der Waals surface area contributed by atoms with Crippen LogP contribution < -0.4 is 10.3 Å². The van der Waals surface area contributed by atoms with Crippen molar-refractivity contribution in [2.24, 2.45) is 0 Å². The fraction of sp³-hybridized carbons (Fsp3) is 0.263. The predicted molar refractivity (Wildman–Crippen MR) is 107 cm³/mol. The molecule has 7 nitrogen and oxygen atoms in total. The summed E-state index contributed by atoms with van der Waals surface area (Å²) in [6, 6.07) is 8.67. The summed E-state index contributed by atoms with van der Waals surface area (Å²) in [7, 11) is -3.31. The lowest BCUT2D eigenvalue weighted by molar-refractivity contribution is 0.607. The van der Waals surface area contributed by atoms with Crippen LogP contribution >= 0.6 is 0 Å². The van der Waals surface area contributed by atoms with Crippen molar-refractivity contribution < 1.29 is 8.42 Å². The minimum Gasteiger partial charge on any atom is -0.313 e. The van der Waals surface area contributed by atoms with E-state index in [2.05, 4.69) is 9.82 Å². The van der Waals surface area contributed by atoms with E-state index in [4.69, 9.17) is 0 Å². The first kappa shape index (κ1) is 18.9. The quantitative estimate of drug-likeness (QED) is 0.706. The van der Waals surface area contributed by atoms with Crippen LogP contribution in [0.25, 0.3) is 16.8 Å². The monoisotopic (exact) mass is 386 g/mol. The SMILES string of the molecule is CCCn1cc(-n2cc(-c3ccc(NS(C)(=O)=O)cc3C)cn2)ccc1=O. The molecule has 3 aromatic rings. The molecule has 0 aliphatic heterocycles. The van der Waals surface area contributed by atoms with Crippen molar-refractivity contribution in [2.75, 3.05) is 11.0 Å². The van der Waals surface area contributed by atoms with Crippen LogP contribution in [0.15, 0.2) is 53.7 Å². The number of benzene rings is 1. The van der Waals surface area contributed by atoms with Gasteiger partial charge in [-0.15, -0.1) is 0 Å². The lowest BCUT2D eigenvalue weighted by Gasteiger charge is -2.08. The van der Waals surface area contributed by atoms with Gasteiger partial charge in [-0.1, -0.05) is 13.0 Å². The minimum atomic E-state index is -3.31. The lowest BCUT2D eigenvalue weighted by Crippen LogP contribution is -2.19. The minimum absolute atomic E-state index is 0.0298. The van der Waals surface area contributed by atoms with Gasteiger partial charge in [-0.05, 0) is 42.7 Å². The third-order valence-corrected chi connectivity index (χ3v) is 4.73. The third kappa shape index (κ3) is 4.46. The molecule has 0 unspecified atom stereocenters. The first-order valence-electron chi connectivity index (χ1n) is 8.61. The molecule has 142 valence electrons. The van der Waals surface area contributed by atoms with E-state index in [0.29, 0.717) is 12.2 Å². The van der Waals surface area contributed by atoms with Crippen LogP contribution in [0, 0.1) is 6.92 Å². The maximum atomic E-state index is 11.9. The van der Waals surface area contributed by atoms with Gasteiger partial charge < -0.3 is 4.57 Å². The van der Waals surface area contributed by atoms with E-state index in [1.807, 2.05) is 26.1 Å². The zero-order valence-corrected chi connectivity index (χ0v) is 16.3. The smallest absolute Gasteiger partial charge is 0.250 e. The molecule has 2 heterocycles. The molecular formula is C19H22N4O3S. The number of aryl methyl sites for hydroxylation is 2. The van der Waals surface area contributed by atoms with Crippen LogP contribution in [0.5, 0.6) is 0 Å². The summed E-state index contributed by atoms with van der Waals surface area (Å²) in [4.78, 5) is 11.9. The Morgan fingerprint density at radius 3 is 2.59 bits per heavy atom. The highest BCUT2D eigenvalue weighted by molar-refractivity contribution is 7.92. The van der Waals surface area contributed by atoms with E-state index < -0.39 is 10.0 Å². The summed E-state index contributed by atoms with van der Waals surface area (Å²) < 4.78 is 28.6. The Balaban J connectivity index is 1.92. The fourth-order valence-electron chi connectivity index (χ4n) is 2.94. The summed E-state index contributed by atoms with van der Waals surface area (Å²) in [5, 5.41) is 4.41. The summed E-state index contributed by atoms with van der Waals surface area (Å²) in [5.41, 5.74) is 4.10. The summed E-state index contributed by atoms with van der Waals surface area (Å²) in [6.45, 7) is 4.60. The maximum Gasteiger partial charge on any atom is 0.250 e. The van der Waals surface area contributed by atoms with Gasteiger partial charge in [0.1, 0.15) is 0 Å². The van der Waals surface area contributed by atoms with Crippen LogP contribution in [0.2, 0.25) is 0 Å². The van der Waals surface area contributed by atoms with E-state index >= 15 is 0 Å². The van der Waals surface area contributed by atoms with Gasteiger partial charge >= 0.3 is 0 Å². The molecule has 0 fully saturated rings. The Morgan fingerprint density at radius 2 is 1.93 bits per heavy atom. The fourth-order valence-corrected chi connectivity index (χ4v) is 3.49. The molecule has 0 aliphatic carbocycles. The molecule has 27 heavy (non-hydrogen) atoms. The van der Waals surface area contributed by atoms with E-state index in [9.17, 15) is 13.2 Å². The second-order valence-electron chi connectivity index (χ2n) is 6.50. The van der Waals surface area contributed by atoms with E-state index in [-0.39, 0.29) is 5.56 Å². The molecule has 0 saturated heterocycles. The van der Waals surface area contributed by atoms with Crippen LogP contribution in [0.4, 0.5) is 5.69 Å². The topological polar surface area (TPSA) is 86.0 Å². The van der Waals surface area contributed by atoms with Gasteiger partial charge in [0.2, 0.25) is 10.0 Å². The van der Waals surface area contributed by atoms with Crippen molar-refractivity contribution in [1.29, 1.82) is 0 Å². The molecule has 0 spiro atoms. The number of hydrogen-bond donors (Lipinski definition) is 1. The molecule has 0 aliphatic rings. The molecule has 0 saturated carbocycles. The number of pyridine rings is 1. The molecule has 2 aromatic heterocycles. The first-order valence-corrected chi connectivity index (χ1v) is 10.5. The molecule has 1 N–H and O–H groups in total. The van der Waals surface area contributed by atoms with Gasteiger partial charge in [0.15, 0.2) is 0 Å². The van der Waals surface area contributed by atoms with Crippen LogP contribution in [0.1, 0.15) is 18.9 Å². The van der Waals surface area contributed by atoms with Gasteiger partial charge in [-0.3, -0.25) is 9.52 Å².